The number of hydrogen-bond donors (Lipinski definition) is 2. The fourth-order valence-corrected chi connectivity index (χ4v) is 4.10. The van der Waals surface area contributed by atoms with Gasteiger partial charge in [0.2, 0.25) is 11.8 Å². The maximum atomic E-state index is 13.3. The molecule has 8 nitrogen and oxygen atoms in total. The number of ether oxygens (including phenoxy) is 1. The maximum absolute atomic E-state index is 13.3. The molecule has 0 radical (unpaired) electrons. The summed E-state index contributed by atoms with van der Waals surface area (Å²) in [4.78, 5) is 40.4. The minimum Gasteiger partial charge on any atom is -0.358 e. The number of aromatic nitrogens is 1. The van der Waals surface area contributed by atoms with Gasteiger partial charge in [-0.3, -0.25) is 19.0 Å². The van der Waals surface area contributed by atoms with Crippen LogP contribution >= 0.6 is 0 Å². The van der Waals surface area contributed by atoms with Gasteiger partial charge in [-0.25, -0.2) is 0 Å². The van der Waals surface area contributed by atoms with Crippen molar-refractivity contribution in [1.82, 2.24) is 20.1 Å². The fourth-order valence-electron chi connectivity index (χ4n) is 4.10. The molecule has 4 rings (SSSR count). The van der Waals surface area contributed by atoms with Crippen LogP contribution in [0.15, 0.2) is 36.5 Å². The average molecular weight is 398 g/mol. The Morgan fingerprint density at radius 3 is 2.76 bits per heavy atom. The Labute approximate surface area is 169 Å². The van der Waals surface area contributed by atoms with Gasteiger partial charge in [0.1, 0.15) is 18.3 Å². The number of nitrogens with one attached hydrogen (secondary N) is 2. The lowest BCUT2D eigenvalue weighted by molar-refractivity contribution is -0.143. The summed E-state index contributed by atoms with van der Waals surface area (Å²) in [5.74, 6) is -0.652. The molecule has 154 valence electrons. The lowest BCUT2D eigenvalue weighted by Crippen LogP contribution is -2.55. The predicted molar refractivity (Wildman–Crippen MR) is 107 cm³/mol. The number of likely N-dealkylation sites (N-methyl/N-ethyl adjacent to an activating group) is 1. The fraction of sp³-hybridized carbons (Fsp3) is 0.476. The average Bonchev–Trinajstić information content (AvgIpc) is 3.32. The van der Waals surface area contributed by atoms with E-state index in [1.54, 1.807) is 29.6 Å². The topological polar surface area (TPSA) is 92.7 Å². The highest BCUT2D eigenvalue weighted by molar-refractivity contribution is 5.98. The van der Waals surface area contributed by atoms with Crippen LogP contribution < -0.4 is 10.6 Å². The van der Waals surface area contributed by atoms with Crippen molar-refractivity contribution in [3.63, 3.8) is 0 Å². The molecule has 2 aliphatic rings. The number of carbonyl (C=O) groups excluding carboxylic acids is 3. The summed E-state index contributed by atoms with van der Waals surface area (Å²) in [5.41, 5.74) is 0.817. The van der Waals surface area contributed by atoms with E-state index < -0.39 is 24.4 Å². The zero-order valence-electron chi connectivity index (χ0n) is 16.6. The molecule has 0 saturated carbocycles. The van der Waals surface area contributed by atoms with Crippen LogP contribution in [0.2, 0.25) is 0 Å². The molecule has 2 N–H and O–H groups in total. The highest BCUT2D eigenvalue weighted by Gasteiger charge is 2.46. The number of fused-ring (bicyclic) bond motifs is 2. The zero-order chi connectivity index (χ0) is 20.5. The van der Waals surface area contributed by atoms with Gasteiger partial charge in [0.05, 0.1) is 18.2 Å². The van der Waals surface area contributed by atoms with Gasteiger partial charge in [-0.1, -0.05) is 18.2 Å². The molecule has 29 heavy (non-hydrogen) atoms. The van der Waals surface area contributed by atoms with Crippen LogP contribution in [0, 0.1) is 0 Å². The summed E-state index contributed by atoms with van der Waals surface area (Å²) in [6.45, 7) is 2.09. The minimum atomic E-state index is -0.696. The third kappa shape index (κ3) is 3.54. The number of benzene rings is 1. The number of para-hydroxylation sites is 1. The van der Waals surface area contributed by atoms with E-state index in [2.05, 4.69) is 10.6 Å². The van der Waals surface area contributed by atoms with Crippen molar-refractivity contribution in [2.45, 2.75) is 50.5 Å². The lowest BCUT2D eigenvalue weighted by Gasteiger charge is -2.30. The van der Waals surface area contributed by atoms with Crippen molar-refractivity contribution in [1.29, 1.82) is 0 Å². The van der Waals surface area contributed by atoms with Crippen LogP contribution in [0.5, 0.6) is 0 Å². The van der Waals surface area contributed by atoms with Crippen molar-refractivity contribution >= 4 is 28.6 Å². The zero-order valence-corrected chi connectivity index (χ0v) is 16.6. The summed E-state index contributed by atoms with van der Waals surface area (Å²) in [5, 5.41) is 6.65. The second-order valence-corrected chi connectivity index (χ2v) is 7.61. The van der Waals surface area contributed by atoms with Gasteiger partial charge >= 0.3 is 0 Å². The molecule has 0 bridgehead atoms. The largest absolute Gasteiger partial charge is 0.358 e. The molecule has 2 unspecified atom stereocenters. The van der Waals surface area contributed by atoms with E-state index in [9.17, 15) is 14.4 Å². The molecule has 1 aromatic heterocycles. The third-order valence-electron chi connectivity index (χ3n) is 5.87. The summed E-state index contributed by atoms with van der Waals surface area (Å²) in [6.07, 6.45) is 2.85. The Morgan fingerprint density at radius 2 is 1.97 bits per heavy atom. The second kappa shape index (κ2) is 7.96. The van der Waals surface area contributed by atoms with E-state index in [-0.39, 0.29) is 17.7 Å². The molecule has 2 fully saturated rings. The van der Waals surface area contributed by atoms with E-state index in [4.69, 9.17) is 4.74 Å². The van der Waals surface area contributed by atoms with Gasteiger partial charge in [0, 0.05) is 18.0 Å². The Bertz CT molecular complexity index is 940. The quantitative estimate of drug-likeness (QED) is 0.805. The molecule has 0 aliphatic carbocycles. The van der Waals surface area contributed by atoms with Gasteiger partial charge < -0.3 is 20.3 Å². The van der Waals surface area contributed by atoms with E-state index in [0.717, 1.165) is 10.9 Å². The van der Waals surface area contributed by atoms with Gasteiger partial charge in [-0.15, -0.1) is 0 Å². The normalized spacial score (nSPS) is 25.5. The molecule has 2 saturated heterocycles. The number of rotatable bonds is 4. The van der Waals surface area contributed by atoms with E-state index >= 15 is 0 Å². The molecule has 2 aliphatic heterocycles. The van der Waals surface area contributed by atoms with Crippen LogP contribution in [0.1, 0.15) is 31.0 Å². The first-order chi connectivity index (χ1) is 14.0. The van der Waals surface area contributed by atoms with Gasteiger partial charge in [-0.05, 0) is 38.9 Å². The smallest absolute Gasteiger partial charge is 0.253 e. The Morgan fingerprint density at radius 1 is 1.17 bits per heavy atom. The lowest BCUT2D eigenvalue weighted by atomic mass is 10.1. The Kier molecular flexibility index (Phi) is 5.38. The highest BCUT2D eigenvalue weighted by atomic mass is 16.5. The molecule has 0 spiro atoms. The Balaban J connectivity index is 1.58. The molecule has 2 aromatic rings. The van der Waals surface area contributed by atoms with Crippen molar-refractivity contribution in [3.8, 4) is 0 Å². The molecule has 2 amide bonds. The van der Waals surface area contributed by atoms with Crippen LogP contribution in [-0.4, -0.2) is 65.2 Å². The maximum Gasteiger partial charge on any atom is 0.253 e. The van der Waals surface area contributed by atoms with Crippen LogP contribution in [-0.2, 0) is 14.3 Å². The Hall–Kier alpha value is -2.71. The molecule has 4 atom stereocenters. The number of hydrogen-bond acceptors (Lipinski definition) is 5. The molecular weight excluding hydrogens is 372 g/mol. The second-order valence-electron chi connectivity index (χ2n) is 7.61. The molecular formula is C21H26N4O4. The van der Waals surface area contributed by atoms with Crippen LogP contribution in [0.25, 0.3) is 10.9 Å². The summed E-state index contributed by atoms with van der Waals surface area (Å²) >= 11 is 0. The minimum absolute atomic E-state index is 0.152. The van der Waals surface area contributed by atoms with E-state index in [1.165, 1.54) is 0 Å². The summed E-state index contributed by atoms with van der Waals surface area (Å²) in [6, 6.07) is 7.83. The number of amides is 2. The number of nitrogens with zero attached hydrogens (tertiary/aromatic N) is 2. The standard InChI is InChI=1S/C21H26N4O4/c1-13(22-2)19(26)23-15-10-12-29-18-8-7-17(25(18)20(15)27)21(28)24-11-9-14-5-3-4-6-16(14)24/h3-6,9,11,13,15,17-18,22H,7-8,10,12H2,1-2H3,(H,23,26)/t13-,15?,17?,18-/m0/s1. The van der Waals surface area contributed by atoms with Crippen LogP contribution in [0.3, 0.4) is 0 Å². The highest BCUT2D eigenvalue weighted by Crippen LogP contribution is 2.30. The first kappa shape index (κ1) is 19.6. The summed E-state index contributed by atoms with van der Waals surface area (Å²) in [7, 11) is 1.69. The molecule has 1 aromatic carbocycles. The van der Waals surface area contributed by atoms with Gasteiger partial charge in [-0.2, -0.15) is 0 Å². The van der Waals surface area contributed by atoms with Crippen molar-refractivity contribution in [2.75, 3.05) is 13.7 Å². The number of carbonyl (C=O) groups is 3. The van der Waals surface area contributed by atoms with Crippen molar-refractivity contribution < 1.29 is 19.1 Å². The first-order valence-electron chi connectivity index (χ1n) is 10.0. The summed E-state index contributed by atoms with van der Waals surface area (Å²) < 4.78 is 7.47. The molecule has 8 heteroatoms. The van der Waals surface area contributed by atoms with Crippen molar-refractivity contribution in [2.24, 2.45) is 0 Å². The van der Waals surface area contributed by atoms with Gasteiger partial charge in [0.15, 0.2) is 0 Å². The van der Waals surface area contributed by atoms with E-state index in [0.29, 0.717) is 25.9 Å². The monoisotopic (exact) mass is 398 g/mol. The van der Waals surface area contributed by atoms with E-state index in [1.807, 2.05) is 30.3 Å². The first-order valence-corrected chi connectivity index (χ1v) is 10.0. The van der Waals surface area contributed by atoms with Crippen molar-refractivity contribution in [3.05, 3.63) is 36.5 Å². The van der Waals surface area contributed by atoms with Crippen LogP contribution in [0.4, 0.5) is 0 Å². The third-order valence-corrected chi connectivity index (χ3v) is 5.87. The SMILES string of the molecule is CN[C@@H](C)C(=O)NC1CCO[C@H]2CCC(C(=O)n3ccc4ccccc43)N2C1=O. The van der Waals surface area contributed by atoms with Gasteiger partial charge in [0.25, 0.3) is 5.91 Å². The molecule has 3 heterocycles. The predicted octanol–water partition coefficient (Wildman–Crippen LogP) is 1.11.